The average Bonchev–Trinajstić information content (AvgIpc) is 2.67. The summed E-state index contributed by atoms with van der Waals surface area (Å²) in [6.45, 7) is 0.141. The van der Waals surface area contributed by atoms with Crippen molar-refractivity contribution in [3.05, 3.63) is 64.7 Å². The maximum Gasteiger partial charge on any atom is 0.251 e. The average molecular weight is 390 g/mol. The van der Waals surface area contributed by atoms with Gasteiger partial charge in [0.05, 0.1) is 13.5 Å². The quantitative estimate of drug-likeness (QED) is 0.630. The third-order valence-electron chi connectivity index (χ3n) is 3.61. The van der Waals surface area contributed by atoms with Crippen molar-refractivity contribution < 1.29 is 19.1 Å². The standard InChI is InChI=1S/C19H20ClN3O4/c1-27-16-8-2-13(3-9-16)12-18(25)23-22-17(24)10-11-21-19(26)14-4-6-15(20)7-5-14/h2-9H,10-12H2,1H3,(H,21,26)(H,22,24)(H,23,25). The molecule has 0 aliphatic heterocycles. The molecule has 0 saturated heterocycles. The van der Waals surface area contributed by atoms with Gasteiger partial charge in [-0.15, -0.1) is 0 Å². The van der Waals surface area contributed by atoms with E-state index in [4.69, 9.17) is 16.3 Å². The van der Waals surface area contributed by atoms with Crippen LogP contribution >= 0.6 is 11.6 Å². The highest BCUT2D eigenvalue weighted by Gasteiger charge is 2.08. The molecule has 0 spiro atoms. The van der Waals surface area contributed by atoms with E-state index in [1.807, 2.05) is 0 Å². The van der Waals surface area contributed by atoms with E-state index < -0.39 is 5.91 Å². The first kappa shape index (κ1) is 20.3. The van der Waals surface area contributed by atoms with E-state index in [1.165, 1.54) is 0 Å². The minimum Gasteiger partial charge on any atom is -0.497 e. The number of rotatable bonds is 7. The fraction of sp³-hybridized carbons (Fsp3) is 0.211. The molecule has 0 heterocycles. The fourth-order valence-electron chi connectivity index (χ4n) is 2.17. The van der Waals surface area contributed by atoms with Gasteiger partial charge in [-0.3, -0.25) is 25.2 Å². The Morgan fingerprint density at radius 1 is 0.926 bits per heavy atom. The fourth-order valence-corrected chi connectivity index (χ4v) is 2.29. The van der Waals surface area contributed by atoms with Crippen LogP contribution in [-0.2, 0) is 16.0 Å². The van der Waals surface area contributed by atoms with Crippen LogP contribution in [0.1, 0.15) is 22.3 Å². The lowest BCUT2D eigenvalue weighted by molar-refractivity contribution is -0.128. The van der Waals surface area contributed by atoms with Gasteiger partial charge in [-0.2, -0.15) is 0 Å². The van der Waals surface area contributed by atoms with Gasteiger partial charge in [-0.25, -0.2) is 0 Å². The SMILES string of the molecule is COc1ccc(CC(=O)NNC(=O)CCNC(=O)c2ccc(Cl)cc2)cc1. The van der Waals surface area contributed by atoms with E-state index in [0.717, 1.165) is 5.56 Å². The monoisotopic (exact) mass is 389 g/mol. The van der Waals surface area contributed by atoms with Crippen LogP contribution in [0.3, 0.4) is 0 Å². The summed E-state index contributed by atoms with van der Waals surface area (Å²) in [6.07, 6.45) is 0.153. The van der Waals surface area contributed by atoms with Gasteiger partial charge >= 0.3 is 0 Å². The molecule has 2 rings (SSSR count). The molecule has 0 atom stereocenters. The van der Waals surface area contributed by atoms with Gasteiger partial charge in [0.1, 0.15) is 5.75 Å². The third-order valence-corrected chi connectivity index (χ3v) is 3.86. The minimum absolute atomic E-state index is 0.0299. The van der Waals surface area contributed by atoms with Crippen molar-refractivity contribution in [3.63, 3.8) is 0 Å². The van der Waals surface area contributed by atoms with Gasteiger partial charge in [0.15, 0.2) is 0 Å². The maximum absolute atomic E-state index is 11.9. The summed E-state index contributed by atoms with van der Waals surface area (Å²) in [5, 5.41) is 3.16. The lowest BCUT2D eigenvalue weighted by Gasteiger charge is -2.09. The van der Waals surface area contributed by atoms with Gasteiger partial charge in [-0.05, 0) is 42.0 Å². The molecule has 8 heteroatoms. The number of amides is 3. The van der Waals surface area contributed by atoms with E-state index in [1.54, 1.807) is 55.6 Å². The molecule has 3 N–H and O–H groups in total. The number of methoxy groups -OCH3 is 1. The summed E-state index contributed by atoms with van der Waals surface area (Å²) in [4.78, 5) is 35.5. The molecule has 27 heavy (non-hydrogen) atoms. The van der Waals surface area contributed by atoms with E-state index in [-0.39, 0.29) is 31.2 Å². The Balaban J connectivity index is 1.65. The van der Waals surface area contributed by atoms with Crippen LogP contribution in [0.2, 0.25) is 5.02 Å². The first-order chi connectivity index (χ1) is 13.0. The molecule has 0 fully saturated rings. The summed E-state index contributed by atoms with van der Waals surface area (Å²) in [5.74, 6) is -0.357. The molecule has 0 aliphatic carbocycles. The van der Waals surface area contributed by atoms with Gasteiger partial charge < -0.3 is 10.1 Å². The maximum atomic E-state index is 11.9. The number of hydrogen-bond acceptors (Lipinski definition) is 4. The molecular weight excluding hydrogens is 370 g/mol. The van der Waals surface area contributed by atoms with E-state index in [9.17, 15) is 14.4 Å². The van der Waals surface area contributed by atoms with Gasteiger partial charge in [-0.1, -0.05) is 23.7 Å². The molecule has 0 radical (unpaired) electrons. The Bertz CT molecular complexity index is 792. The highest BCUT2D eigenvalue weighted by atomic mass is 35.5. The van der Waals surface area contributed by atoms with Crippen molar-refractivity contribution in [3.8, 4) is 5.75 Å². The molecule has 7 nitrogen and oxygen atoms in total. The lowest BCUT2D eigenvalue weighted by atomic mass is 10.1. The minimum atomic E-state index is -0.408. The third kappa shape index (κ3) is 6.99. The van der Waals surface area contributed by atoms with E-state index >= 15 is 0 Å². The molecular formula is C19H20ClN3O4. The number of halogens is 1. The first-order valence-corrected chi connectivity index (χ1v) is 8.60. The van der Waals surface area contributed by atoms with Crippen LogP contribution in [0.5, 0.6) is 5.75 Å². The van der Waals surface area contributed by atoms with Gasteiger partial charge in [0.2, 0.25) is 11.8 Å². The normalized spacial score (nSPS) is 10.0. The Morgan fingerprint density at radius 2 is 1.56 bits per heavy atom. The topological polar surface area (TPSA) is 96.5 Å². The lowest BCUT2D eigenvalue weighted by Crippen LogP contribution is -2.43. The predicted molar refractivity (Wildman–Crippen MR) is 101 cm³/mol. The van der Waals surface area contributed by atoms with Crippen molar-refractivity contribution in [1.82, 2.24) is 16.2 Å². The van der Waals surface area contributed by atoms with Crippen LogP contribution in [0.25, 0.3) is 0 Å². The Kier molecular flexibility index (Phi) is 7.63. The van der Waals surface area contributed by atoms with Crippen LogP contribution in [0.15, 0.2) is 48.5 Å². The second kappa shape index (κ2) is 10.2. The molecule has 0 aliphatic rings. The number of nitrogens with one attached hydrogen (secondary N) is 3. The first-order valence-electron chi connectivity index (χ1n) is 8.22. The highest BCUT2D eigenvalue weighted by molar-refractivity contribution is 6.30. The number of hydrogen-bond donors (Lipinski definition) is 3. The van der Waals surface area contributed by atoms with Crippen molar-refractivity contribution in [2.45, 2.75) is 12.8 Å². The summed E-state index contributed by atoms with van der Waals surface area (Å²) in [6, 6.07) is 13.5. The molecule has 0 aromatic heterocycles. The number of carbonyl (C=O) groups excluding carboxylic acids is 3. The zero-order chi connectivity index (χ0) is 19.6. The molecule has 0 bridgehead atoms. The zero-order valence-electron chi connectivity index (χ0n) is 14.8. The highest BCUT2D eigenvalue weighted by Crippen LogP contribution is 2.11. The molecule has 2 aromatic carbocycles. The van der Waals surface area contributed by atoms with Crippen molar-refractivity contribution in [2.75, 3.05) is 13.7 Å². The van der Waals surface area contributed by atoms with E-state index in [2.05, 4.69) is 16.2 Å². The largest absolute Gasteiger partial charge is 0.497 e. The van der Waals surface area contributed by atoms with Gasteiger partial charge in [0.25, 0.3) is 5.91 Å². The number of ether oxygens (including phenoxy) is 1. The number of carbonyl (C=O) groups is 3. The summed E-state index contributed by atoms with van der Waals surface area (Å²) < 4.78 is 5.05. The molecule has 2 aromatic rings. The number of benzene rings is 2. The Hall–Kier alpha value is -3.06. The van der Waals surface area contributed by atoms with Crippen molar-refractivity contribution in [2.24, 2.45) is 0 Å². The molecule has 0 saturated carbocycles. The second-order valence-corrected chi connectivity index (χ2v) is 6.07. The number of hydrazine groups is 1. The van der Waals surface area contributed by atoms with Crippen LogP contribution < -0.4 is 20.9 Å². The molecule has 142 valence electrons. The molecule has 0 unspecified atom stereocenters. The van der Waals surface area contributed by atoms with Crippen LogP contribution in [0, 0.1) is 0 Å². The summed E-state index contributed by atoms with van der Waals surface area (Å²) >= 11 is 5.76. The Labute approximate surface area is 162 Å². The summed E-state index contributed by atoms with van der Waals surface area (Å²) in [7, 11) is 1.56. The Morgan fingerprint density at radius 3 is 2.19 bits per heavy atom. The summed E-state index contributed by atoms with van der Waals surface area (Å²) in [5.41, 5.74) is 5.89. The smallest absolute Gasteiger partial charge is 0.251 e. The molecule has 3 amide bonds. The van der Waals surface area contributed by atoms with Crippen molar-refractivity contribution in [1.29, 1.82) is 0 Å². The van der Waals surface area contributed by atoms with E-state index in [0.29, 0.717) is 16.3 Å². The predicted octanol–water partition coefficient (Wildman–Crippen LogP) is 1.86. The second-order valence-electron chi connectivity index (χ2n) is 5.63. The van der Waals surface area contributed by atoms with Crippen LogP contribution in [-0.4, -0.2) is 31.4 Å². The van der Waals surface area contributed by atoms with Gasteiger partial charge in [0, 0.05) is 23.6 Å². The zero-order valence-corrected chi connectivity index (χ0v) is 15.5. The van der Waals surface area contributed by atoms with Crippen molar-refractivity contribution >= 4 is 29.3 Å². The van der Waals surface area contributed by atoms with Crippen LogP contribution in [0.4, 0.5) is 0 Å².